The maximum absolute atomic E-state index is 12.2. The molecule has 0 bridgehead atoms. The SMILES string of the molecule is CCC(CC)c1ccc(S(=O)NCC2CCC(C)O2)cc1. The molecule has 1 aliphatic rings. The van der Waals surface area contributed by atoms with Gasteiger partial charge in [0.1, 0.15) is 11.0 Å². The minimum atomic E-state index is -1.15. The van der Waals surface area contributed by atoms with E-state index in [1.54, 1.807) is 0 Å². The molecule has 4 heteroatoms. The van der Waals surface area contributed by atoms with E-state index in [-0.39, 0.29) is 6.10 Å². The molecule has 0 aliphatic carbocycles. The molecule has 3 nitrogen and oxygen atoms in total. The Morgan fingerprint density at radius 1 is 1.24 bits per heavy atom. The molecular weight excluding hydrogens is 282 g/mol. The Labute approximate surface area is 131 Å². The zero-order valence-electron chi connectivity index (χ0n) is 13.3. The van der Waals surface area contributed by atoms with Crippen LogP contribution in [-0.2, 0) is 15.7 Å². The van der Waals surface area contributed by atoms with Gasteiger partial charge in [0.25, 0.3) is 0 Å². The van der Waals surface area contributed by atoms with Gasteiger partial charge in [-0.05, 0) is 56.2 Å². The summed E-state index contributed by atoms with van der Waals surface area (Å²) in [6, 6.07) is 8.19. The number of benzene rings is 1. The molecule has 0 spiro atoms. The Morgan fingerprint density at radius 3 is 2.43 bits per heavy atom. The Hall–Kier alpha value is -0.710. The largest absolute Gasteiger partial charge is 0.374 e. The van der Waals surface area contributed by atoms with E-state index in [4.69, 9.17) is 4.74 Å². The van der Waals surface area contributed by atoms with Crippen LogP contribution in [0.1, 0.15) is 57.9 Å². The monoisotopic (exact) mass is 309 g/mol. The third-order valence-electron chi connectivity index (χ3n) is 4.31. The van der Waals surface area contributed by atoms with E-state index in [0.717, 1.165) is 30.6 Å². The van der Waals surface area contributed by atoms with E-state index >= 15 is 0 Å². The molecule has 1 heterocycles. The van der Waals surface area contributed by atoms with Crippen molar-refractivity contribution in [2.24, 2.45) is 0 Å². The van der Waals surface area contributed by atoms with E-state index in [9.17, 15) is 4.21 Å². The first kappa shape index (κ1) is 16.7. The van der Waals surface area contributed by atoms with E-state index < -0.39 is 11.0 Å². The maximum atomic E-state index is 12.2. The second-order valence-electron chi connectivity index (χ2n) is 5.85. The predicted molar refractivity (Wildman–Crippen MR) is 87.7 cm³/mol. The first-order chi connectivity index (χ1) is 10.1. The van der Waals surface area contributed by atoms with Gasteiger partial charge in [-0.3, -0.25) is 0 Å². The first-order valence-corrected chi connectivity index (χ1v) is 9.19. The van der Waals surface area contributed by atoms with Gasteiger partial charge in [0.2, 0.25) is 0 Å². The number of rotatable bonds is 7. The first-order valence-electron chi connectivity index (χ1n) is 8.04. The molecule has 21 heavy (non-hydrogen) atoms. The molecule has 0 aromatic heterocycles. The third kappa shape index (κ3) is 4.63. The van der Waals surface area contributed by atoms with Gasteiger partial charge in [0, 0.05) is 6.54 Å². The van der Waals surface area contributed by atoms with Crippen molar-refractivity contribution in [2.45, 2.75) is 69.5 Å². The summed E-state index contributed by atoms with van der Waals surface area (Å²) >= 11 is 0. The Bertz CT molecular complexity index is 456. The highest BCUT2D eigenvalue weighted by atomic mass is 32.2. The smallest absolute Gasteiger partial charge is 0.124 e. The Kier molecular flexibility index (Phi) is 6.40. The standard InChI is InChI=1S/C17H27NO2S/c1-4-14(5-2)15-7-10-17(11-8-15)21(19)18-12-16-9-6-13(3)20-16/h7-8,10-11,13-14,16,18H,4-6,9,12H2,1-3H3. The van der Waals surface area contributed by atoms with Crippen LogP contribution in [-0.4, -0.2) is 23.0 Å². The van der Waals surface area contributed by atoms with Crippen molar-refractivity contribution in [3.8, 4) is 0 Å². The van der Waals surface area contributed by atoms with Crippen LogP contribution in [0.2, 0.25) is 0 Å². The van der Waals surface area contributed by atoms with E-state index in [1.165, 1.54) is 5.56 Å². The molecule has 0 amide bonds. The normalized spacial score (nSPS) is 23.6. The molecule has 1 fully saturated rings. The average Bonchev–Trinajstić information content (AvgIpc) is 2.92. The molecule has 1 saturated heterocycles. The fraction of sp³-hybridized carbons (Fsp3) is 0.647. The van der Waals surface area contributed by atoms with Gasteiger partial charge in [-0.2, -0.15) is 0 Å². The summed E-state index contributed by atoms with van der Waals surface area (Å²) in [5.41, 5.74) is 1.34. The van der Waals surface area contributed by atoms with Crippen molar-refractivity contribution in [1.29, 1.82) is 0 Å². The highest BCUT2D eigenvalue weighted by Crippen LogP contribution is 2.23. The van der Waals surface area contributed by atoms with Crippen molar-refractivity contribution < 1.29 is 8.95 Å². The molecule has 3 atom stereocenters. The van der Waals surface area contributed by atoms with Crippen molar-refractivity contribution in [2.75, 3.05) is 6.54 Å². The molecule has 1 aromatic rings. The van der Waals surface area contributed by atoms with Gasteiger partial charge in [-0.25, -0.2) is 8.93 Å². The van der Waals surface area contributed by atoms with Crippen LogP contribution in [0.15, 0.2) is 29.2 Å². The molecule has 1 N–H and O–H groups in total. The van der Waals surface area contributed by atoms with Crippen LogP contribution < -0.4 is 4.72 Å². The van der Waals surface area contributed by atoms with Crippen molar-refractivity contribution in [3.63, 3.8) is 0 Å². The fourth-order valence-electron chi connectivity index (χ4n) is 2.91. The summed E-state index contributed by atoms with van der Waals surface area (Å²) in [6.45, 7) is 7.17. The zero-order chi connectivity index (χ0) is 15.2. The summed E-state index contributed by atoms with van der Waals surface area (Å²) in [5, 5.41) is 0. The molecule has 0 saturated carbocycles. The molecule has 1 aliphatic heterocycles. The highest BCUT2D eigenvalue weighted by molar-refractivity contribution is 7.83. The fourth-order valence-corrected chi connectivity index (χ4v) is 3.80. The van der Waals surface area contributed by atoms with Crippen LogP contribution in [0.3, 0.4) is 0 Å². The minimum Gasteiger partial charge on any atom is -0.374 e. The second-order valence-corrected chi connectivity index (χ2v) is 7.14. The summed E-state index contributed by atoms with van der Waals surface area (Å²) in [6.07, 6.45) is 4.99. The van der Waals surface area contributed by atoms with Gasteiger partial charge < -0.3 is 4.74 Å². The lowest BCUT2D eigenvalue weighted by Crippen LogP contribution is -2.28. The second kappa shape index (κ2) is 8.06. The molecule has 1 aromatic carbocycles. The van der Waals surface area contributed by atoms with Crippen LogP contribution in [0.25, 0.3) is 0 Å². The highest BCUT2D eigenvalue weighted by Gasteiger charge is 2.22. The van der Waals surface area contributed by atoms with Crippen LogP contribution in [0.4, 0.5) is 0 Å². The topological polar surface area (TPSA) is 38.3 Å². The lowest BCUT2D eigenvalue weighted by Gasteiger charge is -2.14. The van der Waals surface area contributed by atoms with E-state index in [1.807, 2.05) is 12.1 Å². The van der Waals surface area contributed by atoms with Gasteiger partial charge in [0.15, 0.2) is 0 Å². The van der Waals surface area contributed by atoms with Gasteiger partial charge in [-0.15, -0.1) is 0 Å². The molecule has 0 radical (unpaired) electrons. The summed E-state index contributed by atoms with van der Waals surface area (Å²) in [5.74, 6) is 0.605. The summed E-state index contributed by atoms with van der Waals surface area (Å²) in [4.78, 5) is 0.843. The van der Waals surface area contributed by atoms with Crippen molar-refractivity contribution in [1.82, 2.24) is 4.72 Å². The van der Waals surface area contributed by atoms with Crippen molar-refractivity contribution in [3.05, 3.63) is 29.8 Å². The number of nitrogens with one attached hydrogen (secondary N) is 1. The quantitative estimate of drug-likeness (QED) is 0.832. The van der Waals surface area contributed by atoms with Crippen LogP contribution in [0, 0.1) is 0 Å². The molecular formula is C17H27NO2S. The summed E-state index contributed by atoms with van der Waals surface area (Å²) < 4.78 is 21.1. The molecule has 118 valence electrons. The Balaban J connectivity index is 1.87. The van der Waals surface area contributed by atoms with Crippen molar-refractivity contribution >= 4 is 11.0 Å². The van der Waals surface area contributed by atoms with Gasteiger partial charge >= 0.3 is 0 Å². The van der Waals surface area contributed by atoms with E-state index in [0.29, 0.717) is 18.6 Å². The summed E-state index contributed by atoms with van der Waals surface area (Å²) in [7, 11) is -1.15. The van der Waals surface area contributed by atoms with Crippen LogP contribution in [0.5, 0.6) is 0 Å². The third-order valence-corrected chi connectivity index (χ3v) is 5.44. The lowest BCUT2D eigenvalue weighted by molar-refractivity contribution is 0.0593. The van der Waals surface area contributed by atoms with Crippen LogP contribution >= 0.6 is 0 Å². The molecule has 3 unspecified atom stereocenters. The van der Waals surface area contributed by atoms with Gasteiger partial charge in [0.05, 0.1) is 17.1 Å². The minimum absolute atomic E-state index is 0.202. The Morgan fingerprint density at radius 2 is 1.90 bits per heavy atom. The zero-order valence-corrected chi connectivity index (χ0v) is 14.1. The number of ether oxygens (including phenoxy) is 1. The maximum Gasteiger partial charge on any atom is 0.124 e. The van der Waals surface area contributed by atoms with E-state index in [2.05, 4.69) is 37.6 Å². The lowest BCUT2D eigenvalue weighted by atomic mass is 9.94. The number of hydrogen-bond acceptors (Lipinski definition) is 2. The predicted octanol–water partition coefficient (Wildman–Crippen LogP) is 3.77. The van der Waals surface area contributed by atoms with Gasteiger partial charge in [-0.1, -0.05) is 26.0 Å². The number of hydrogen-bond donors (Lipinski definition) is 1. The average molecular weight is 309 g/mol. The molecule has 2 rings (SSSR count).